The summed E-state index contributed by atoms with van der Waals surface area (Å²) >= 11 is 0. The molecule has 0 aliphatic rings. The van der Waals surface area contributed by atoms with Gasteiger partial charge in [0.15, 0.2) is 11.3 Å². The number of rotatable bonds is 3. The molecule has 0 amide bonds. The third kappa shape index (κ3) is 2.06. The maximum absolute atomic E-state index is 12.4. The zero-order chi connectivity index (χ0) is 15.1. The summed E-state index contributed by atoms with van der Waals surface area (Å²) in [6.45, 7) is -1.35. The highest BCUT2D eigenvalue weighted by Gasteiger charge is 2.22. The van der Waals surface area contributed by atoms with Crippen molar-refractivity contribution in [3.8, 4) is 5.75 Å². The van der Waals surface area contributed by atoms with Gasteiger partial charge in [-0.15, -0.1) is 0 Å². The van der Waals surface area contributed by atoms with Crippen LogP contribution in [0.3, 0.4) is 0 Å². The van der Waals surface area contributed by atoms with Crippen LogP contribution in [0.4, 0.5) is 8.78 Å². The number of carboxylic acids is 1. The van der Waals surface area contributed by atoms with Crippen molar-refractivity contribution in [2.24, 2.45) is 0 Å². The van der Waals surface area contributed by atoms with Crippen molar-refractivity contribution < 1.29 is 27.8 Å². The first-order valence-electron chi connectivity index (χ1n) is 5.98. The molecule has 0 unspecified atom stereocenters. The fraction of sp³-hybridized carbons (Fsp3) is 0.143. The third-order valence-electron chi connectivity index (χ3n) is 3.13. The minimum atomic E-state index is -3.03. The Bertz CT molecular complexity index is 857. The summed E-state index contributed by atoms with van der Waals surface area (Å²) in [5.74, 6) is -1.39. The molecule has 3 rings (SSSR count). The number of hydrogen-bond donors (Lipinski definition) is 1. The summed E-state index contributed by atoms with van der Waals surface area (Å²) in [7, 11) is 0. The Balaban J connectivity index is 2.46. The summed E-state index contributed by atoms with van der Waals surface area (Å²) in [4.78, 5) is 15.4. The highest BCUT2D eigenvalue weighted by molar-refractivity contribution is 6.16. The number of carboxylic acid groups (broad SMARTS) is 1. The summed E-state index contributed by atoms with van der Waals surface area (Å²) < 4.78 is 34.8. The molecule has 0 atom stereocenters. The molecule has 7 heteroatoms. The molecule has 1 N–H and O–H groups in total. The lowest BCUT2D eigenvalue weighted by molar-refractivity contribution is -0.0493. The second kappa shape index (κ2) is 4.69. The molecule has 1 aromatic carbocycles. The number of aromatic carboxylic acids is 1. The van der Waals surface area contributed by atoms with Crippen LogP contribution in [0.2, 0.25) is 0 Å². The van der Waals surface area contributed by atoms with Crippen molar-refractivity contribution >= 4 is 27.9 Å². The van der Waals surface area contributed by atoms with Crippen LogP contribution in [0.25, 0.3) is 21.9 Å². The van der Waals surface area contributed by atoms with Crippen LogP contribution in [0.5, 0.6) is 5.75 Å². The van der Waals surface area contributed by atoms with E-state index in [2.05, 4.69) is 9.72 Å². The first kappa shape index (κ1) is 13.3. The number of pyridine rings is 1. The lowest BCUT2D eigenvalue weighted by Crippen LogP contribution is -2.03. The number of hydrogen-bond acceptors (Lipinski definition) is 4. The van der Waals surface area contributed by atoms with Gasteiger partial charge in [-0.2, -0.15) is 8.78 Å². The van der Waals surface area contributed by atoms with Gasteiger partial charge in [-0.05, 0) is 25.1 Å². The molecule has 0 aliphatic heterocycles. The maximum Gasteiger partial charge on any atom is 0.387 e. The predicted molar refractivity (Wildman–Crippen MR) is 69.8 cm³/mol. The van der Waals surface area contributed by atoms with E-state index in [4.69, 9.17) is 4.42 Å². The van der Waals surface area contributed by atoms with Gasteiger partial charge in [0.2, 0.25) is 0 Å². The number of carbonyl (C=O) groups is 1. The standard InChI is InChI=1S/C14H9F2NO4/c1-6-10-8(4-5-17-6)20-12-9(21-14(15)16)3-2-7(11(10)12)13(18)19/h2-5,14H,1H3,(H,18,19). The third-order valence-corrected chi connectivity index (χ3v) is 3.13. The number of alkyl halides is 2. The van der Waals surface area contributed by atoms with Gasteiger partial charge in [-0.25, -0.2) is 4.79 Å². The number of nitrogens with zero attached hydrogens (tertiary/aromatic N) is 1. The molecule has 5 nitrogen and oxygen atoms in total. The van der Waals surface area contributed by atoms with Gasteiger partial charge in [0.25, 0.3) is 0 Å². The van der Waals surface area contributed by atoms with E-state index in [0.717, 1.165) is 6.07 Å². The van der Waals surface area contributed by atoms with Crippen LogP contribution in [-0.2, 0) is 0 Å². The Kier molecular flexibility index (Phi) is 2.97. The highest BCUT2D eigenvalue weighted by atomic mass is 19.3. The van der Waals surface area contributed by atoms with E-state index in [1.165, 1.54) is 12.3 Å². The van der Waals surface area contributed by atoms with Crippen LogP contribution in [0.1, 0.15) is 16.1 Å². The van der Waals surface area contributed by atoms with E-state index in [1.807, 2.05) is 0 Å². The summed E-state index contributed by atoms with van der Waals surface area (Å²) in [6, 6.07) is 3.91. The zero-order valence-corrected chi connectivity index (χ0v) is 10.8. The largest absolute Gasteiger partial charge is 0.478 e. The van der Waals surface area contributed by atoms with Gasteiger partial charge in [0.1, 0.15) is 5.58 Å². The molecule has 0 saturated carbocycles. The average Bonchev–Trinajstić information content (AvgIpc) is 2.79. The van der Waals surface area contributed by atoms with Gasteiger partial charge in [0, 0.05) is 17.3 Å². The summed E-state index contributed by atoms with van der Waals surface area (Å²) in [6.07, 6.45) is 1.49. The smallest absolute Gasteiger partial charge is 0.387 e. The second-order valence-electron chi connectivity index (χ2n) is 4.37. The quantitative estimate of drug-likeness (QED) is 0.799. The average molecular weight is 293 g/mol. The minimum Gasteiger partial charge on any atom is -0.478 e. The SMILES string of the molecule is Cc1nccc2oc3c(OC(F)F)ccc(C(=O)O)c3c12. The molecule has 21 heavy (non-hydrogen) atoms. The predicted octanol–water partition coefficient (Wildman–Crippen LogP) is 3.59. The maximum atomic E-state index is 12.4. The fourth-order valence-corrected chi connectivity index (χ4v) is 2.32. The Hall–Kier alpha value is -2.70. The fourth-order valence-electron chi connectivity index (χ4n) is 2.32. The van der Waals surface area contributed by atoms with Crippen LogP contribution in [-0.4, -0.2) is 22.7 Å². The number of benzene rings is 1. The van der Waals surface area contributed by atoms with E-state index in [1.54, 1.807) is 13.0 Å². The Morgan fingerprint density at radius 1 is 1.33 bits per heavy atom. The van der Waals surface area contributed by atoms with Gasteiger partial charge >= 0.3 is 12.6 Å². The molecule has 0 bridgehead atoms. The Morgan fingerprint density at radius 3 is 2.76 bits per heavy atom. The van der Waals surface area contributed by atoms with Crippen LogP contribution in [0, 0.1) is 6.92 Å². The number of halogens is 2. The Morgan fingerprint density at radius 2 is 2.10 bits per heavy atom. The van der Waals surface area contributed by atoms with E-state index in [0.29, 0.717) is 16.7 Å². The van der Waals surface area contributed by atoms with E-state index in [9.17, 15) is 18.7 Å². The molecule has 0 saturated heterocycles. The highest BCUT2D eigenvalue weighted by Crippen LogP contribution is 2.38. The van der Waals surface area contributed by atoms with Gasteiger partial charge in [-0.1, -0.05) is 0 Å². The number of furan rings is 1. The molecule has 2 heterocycles. The minimum absolute atomic E-state index is 0.0266. The van der Waals surface area contributed by atoms with E-state index in [-0.39, 0.29) is 22.3 Å². The lowest BCUT2D eigenvalue weighted by atomic mass is 10.1. The number of aromatic nitrogens is 1. The number of ether oxygens (including phenoxy) is 1. The van der Waals surface area contributed by atoms with Crippen molar-refractivity contribution in [2.75, 3.05) is 0 Å². The van der Waals surface area contributed by atoms with Gasteiger partial charge in [0.05, 0.1) is 10.9 Å². The van der Waals surface area contributed by atoms with Gasteiger partial charge in [-0.3, -0.25) is 4.98 Å². The molecular formula is C14H9F2NO4. The topological polar surface area (TPSA) is 72.6 Å². The lowest BCUT2D eigenvalue weighted by Gasteiger charge is -2.06. The molecule has 0 radical (unpaired) electrons. The number of fused-ring (bicyclic) bond motifs is 3. The first-order chi connectivity index (χ1) is 9.99. The first-order valence-corrected chi connectivity index (χ1v) is 5.98. The summed E-state index contributed by atoms with van der Waals surface area (Å²) in [5, 5.41) is 9.96. The summed E-state index contributed by atoms with van der Waals surface area (Å²) in [5.41, 5.74) is 0.830. The molecule has 0 fully saturated rings. The Labute approximate surface area is 116 Å². The molecule has 2 aromatic heterocycles. The molecule has 0 spiro atoms. The van der Waals surface area contributed by atoms with E-state index < -0.39 is 12.6 Å². The number of aryl methyl sites for hydroxylation is 1. The van der Waals surface area contributed by atoms with Crippen LogP contribution < -0.4 is 4.74 Å². The molecular weight excluding hydrogens is 284 g/mol. The molecule has 3 aromatic rings. The van der Waals surface area contributed by atoms with Crippen molar-refractivity contribution in [3.05, 3.63) is 35.7 Å². The van der Waals surface area contributed by atoms with Crippen LogP contribution >= 0.6 is 0 Å². The van der Waals surface area contributed by atoms with Crippen molar-refractivity contribution in [2.45, 2.75) is 13.5 Å². The van der Waals surface area contributed by atoms with Crippen molar-refractivity contribution in [1.82, 2.24) is 4.98 Å². The molecule has 108 valence electrons. The molecule has 0 aliphatic carbocycles. The van der Waals surface area contributed by atoms with Gasteiger partial charge < -0.3 is 14.3 Å². The monoisotopic (exact) mass is 293 g/mol. The van der Waals surface area contributed by atoms with Crippen LogP contribution in [0.15, 0.2) is 28.8 Å². The van der Waals surface area contributed by atoms with Crippen molar-refractivity contribution in [1.29, 1.82) is 0 Å². The van der Waals surface area contributed by atoms with Crippen molar-refractivity contribution in [3.63, 3.8) is 0 Å². The second-order valence-corrected chi connectivity index (χ2v) is 4.37. The zero-order valence-electron chi connectivity index (χ0n) is 10.8. The normalized spacial score (nSPS) is 11.4. The van der Waals surface area contributed by atoms with E-state index >= 15 is 0 Å².